The Kier molecular flexibility index (Phi) is 7.74. The smallest absolute Gasteiger partial charge is 0.331 e. The molecule has 0 aliphatic heterocycles. The Balaban J connectivity index is 4.27. The van der Waals surface area contributed by atoms with Crippen LogP contribution >= 0.6 is 0 Å². The molecule has 0 radical (unpaired) electrons. The topological polar surface area (TPSA) is 125 Å². The van der Waals surface area contributed by atoms with Gasteiger partial charge in [-0.1, -0.05) is 13.8 Å². The number of nitrogens with one attached hydrogen (secondary N) is 3. The number of carbonyl (C=O) groups excluding carboxylic acids is 3. The molecular formula is C13H21N3O5. The van der Waals surface area contributed by atoms with Gasteiger partial charge >= 0.3 is 12.0 Å². The molecule has 0 saturated heterocycles. The van der Waals surface area contributed by atoms with Gasteiger partial charge in [0, 0.05) is 17.7 Å². The van der Waals surface area contributed by atoms with Crippen molar-refractivity contribution in [1.82, 2.24) is 16.0 Å². The van der Waals surface area contributed by atoms with E-state index in [1.54, 1.807) is 0 Å². The van der Waals surface area contributed by atoms with Crippen LogP contribution in [0.5, 0.6) is 0 Å². The first-order chi connectivity index (χ1) is 9.65. The van der Waals surface area contributed by atoms with Crippen LogP contribution in [0.2, 0.25) is 0 Å². The predicted molar refractivity (Wildman–Crippen MR) is 75.4 cm³/mol. The van der Waals surface area contributed by atoms with E-state index in [0.717, 1.165) is 0 Å². The summed E-state index contributed by atoms with van der Waals surface area (Å²) in [6.45, 7) is 6.63. The van der Waals surface area contributed by atoms with E-state index in [-0.39, 0.29) is 29.5 Å². The summed E-state index contributed by atoms with van der Waals surface area (Å²) in [6, 6.07) is -0.864. The first-order valence-corrected chi connectivity index (χ1v) is 6.41. The Hall–Kier alpha value is -2.38. The van der Waals surface area contributed by atoms with Crippen molar-refractivity contribution in [2.45, 2.75) is 27.7 Å². The van der Waals surface area contributed by atoms with Gasteiger partial charge in [-0.25, -0.2) is 9.59 Å². The molecule has 0 aromatic rings. The van der Waals surface area contributed by atoms with Crippen LogP contribution in [-0.2, 0) is 14.4 Å². The fourth-order valence-corrected chi connectivity index (χ4v) is 1.11. The minimum Gasteiger partial charge on any atom is -0.478 e. The fourth-order valence-electron chi connectivity index (χ4n) is 1.11. The average molecular weight is 299 g/mol. The fraction of sp³-hybridized carbons (Fsp3) is 0.538. The molecule has 0 spiro atoms. The number of hydrogen-bond acceptors (Lipinski definition) is 4. The van der Waals surface area contributed by atoms with Gasteiger partial charge in [0.1, 0.15) is 0 Å². The van der Waals surface area contributed by atoms with Gasteiger partial charge in [-0.2, -0.15) is 0 Å². The Bertz CT molecular complexity index is 468. The lowest BCUT2D eigenvalue weighted by atomic mass is 10.1. The number of hydrogen-bond donors (Lipinski definition) is 4. The van der Waals surface area contributed by atoms with E-state index in [1.807, 2.05) is 19.2 Å². The van der Waals surface area contributed by atoms with Crippen LogP contribution in [0.25, 0.3) is 0 Å². The molecule has 0 fully saturated rings. The standard InChI is InChI=1S/C13H21N3O5/c1-7(2)5-14-10(17)6-15-13(21)16-11(18)8(3)9(4)12(19)20/h7H,5-6H2,1-4H3,(H,14,17)(H,19,20)(H2,15,16,18,21). The second-order valence-electron chi connectivity index (χ2n) is 4.89. The third-order valence-electron chi connectivity index (χ3n) is 2.57. The van der Waals surface area contributed by atoms with Gasteiger partial charge in [0.05, 0.1) is 6.54 Å². The zero-order valence-corrected chi connectivity index (χ0v) is 12.6. The molecule has 118 valence electrons. The van der Waals surface area contributed by atoms with Crippen LogP contribution in [0.15, 0.2) is 11.1 Å². The first kappa shape index (κ1) is 18.6. The highest BCUT2D eigenvalue weighted by Crippen LogP contribution is 2.03. The normalized spacial score (nSPS) is 11.5. The highest BCUT2D eigenvalue weighted by Gasteiger charge is 2.15. The van der Waals surface area contributed by atoms with Gasteiger partial charge < -0.3 is 15.7 Å². The summed E-state index contributed by atoms with van der Waals surface area (Å²) in [5.41, 5.74) is -0.239. The average Bonchev–Trinajstić information content (AvgIpc) is 2.40. The Morgan fingerprint density at radius 1 is 1.00 bits per heavy atom. The molecule has 4 N–H and O–H groups in total. The predicted octanol–water partition coefficient (Wildman–Crippen LogP) is 0.00540. The van der Waals surface area contributed by atoms with E-state index in [1.165, 1.54) is 13.8 Å². The van der Waals surface area contributed by atoms with Gasteiger partial charge in [-0.15, -0.1) is 0 Å². The van der Waals surface area contributed by atoms with E-state index >= 15 is 0 Å². The second kappa shape index (κ2) is 8.72. The third-order valence-corrected chi connectivity index (χ3v) is 2.57. The molecule has 0 atom stereocenters. The second-order valence-corrected chi connectivity index (χ2v) is 4.89. The Morgan fingerprint density at radius 3 is 2.05 bits per heavy atom. The van der Waals surface area contributed by atoms with Gasteiger partial charge in [0.25, 0.3) is 5.91 Å². The molecule has 8 heteroatoms. The van der Waals surface area contributed by atoms with E-state index in [0.29, 0.717) is 6.54 Å². The molecule has 0 rings (SSSR count). The molecule has 21 heavy (non-hydrogen) atoms. The molecule has 0 saturated carbocycles. The van der Waals surface area contributed by atoms with E-state index < -0.39 is 17.9 Å². The van der Waals surface area contributed by atoms with Crippen molar-refractivity contribution in [2.75, 3.05) is 13.1 Å². The summed E-state index contributed by atoms with van der Waals surface area (Å²) in [6.07, 6.45) is 0. The van der Waals surface area contributed by atoms with Crippen LogP contribution < -0.4 is 16.0 Å². The maximum atomic E-state index is 11.6. The maximum Gasteiger partial charge on any atom is 0.331 e. The van der Waals surface area contributed by atoms with Crippen LogP contribution in [0, 0.1) is 5.92 Å². The Labute approximate surface area is 123 Å². The van der Waals surface area contributed by atoms with Gasteiger partial charge in [-0.3, -0.25) is 14.9 Å². The number of imide groups is 1. The van der Waals surface area contributed by atoms with Crippen LogP contribution in [0.4, 0.5) is 4.79 Å². The van der Waals surface area contributed by atoms with Crippen molar-refractivity contribution >= 4 is 23.8 Å². The highest BCUT2D eigenvalue weighted by molar-refractivity contribution is 6.07. The number of carboxylic acid groups (broad SMARTS) is 1. The van der Waals surface area contributed by atoms with Crippen LogP contribution in [-0.4, -0.2) is 42.0 Å². The quantitative estimate of drug-likeness (QED) is 0.514. The molecule has 4 amide bonds. The molecule has 0 aromatic heterocycles. The minimum atomic E-state index is -1.24. The third kappa shape index (κ3) is 7.71. The lowest BCUT2D eigenvalue weighted by molar-refractivity contribution is -0.133. The zero-order valence-electron chi connectivity index (χ0n) is 12.6. The van der Waals surface area contributed by atoms with E-state index in [4.69, 9.17) is 5.11 Å². The zero-order chi connectivity index (χ0) is 16.6. The summed E-state index contributed by atoms with van der Waals surface area (Å²) in [5.74, 6) is -2.15. The largest absolute Gasteiger partial charge is 0.478 e. The molecule has 0 heterocycles. The summed E-state index contributed by atoms with van der Waals surface area (Å²) in [5, 5.41) is 15.5. The summed E-state index contributed by atoms with van der Waals surface area (Å²) >= 11 is 0. The molecular weight excluding hydrogens is 278 g/mol. The molecule has 0 aromatic carbocycles. The molecule has 0 aliphatic carbocycles. The number of aliphatic carboxylic acids is 1. The molecule has 8 nitrogen and oxygen atoms in total. The maximum absolute atomic E-state index is 11.6. The van der Waals surface area contributed by atoms with Crippen molar-refractivity contribution in [2.24, 2.45) is 5.92 Å². The number of urea groups is 1. The number of carbonyl (C=O) groups is 4. The van der Waals surface area contributed by atoms with Crippen molar-refractivity contribution in [3.05, 3.63) is 11.1 Å². The number of amides is 4. The summed E-state index contributed by atoms with van der Waals surface area (Å²) in [4.78, 5) is 45.0. The minimum absolute atomic E-state index is 0.0816. The van der Waals surface area contributed by atoms with Crippen molar-refractivity contribution in [3.8, 4) is 0 Å². The van der Waals surface area contributed by atoms with Crippen molar-refractivity contribution in [1.29, 1.82) is 0 Å². The molecule has 0 aliphatic rings. The van der Waals surface area contributed by atoms with E-state index in [9.17, 15) is 19.2 Å². The number of carboxylic acids is 1. The van der Waals surface area contributed by atoms with E-state index in [2.05, 4.69) is 10.6 Å². The SMILES string of the molecule is CC(C(=O)O)=C(C)C(=O)NC(=O)NCC(=O)NCC(C)C. The van der Waals surface area contributed by atoms with Crippen LogP contribution in [0.3, 0.4) is 0 Å². The lowest BCUT2D eigenvalue weighted by Crippen LogP contribution is -2.45. The van der Waals surface area contributed by atoms with Crippen molar-refractivity contribution < 1.29 is 24.3 Å². The van der Waals surface area contributed by atoms with Gasteiger partial charge in [-0.05, 0) is 19.8 Å². The monoisotopic (exact) mass is 299 g/mol. The lowest BCUT2D eigenvalue weighted by Gasteiger charge is -2.09. The van der Waals surface area contributed by atoms with Crippen molar-refractivity contribution in [3.63, 3.8) is 0 Å². The number of rotatable bonds is 6. The first-order valence-electron chi connectivity index (χ1n) is 6.41. The van der Waals surface area contributed by atoms with Gasteiger partial charge in [0.15, 0.2) is 0 Å². The van der Waals surface area contributed by atoms with Crippen LogP contribution in [0.1, 0.15) is 27.7 Å². The summed E-state index contributed by atoms with van der Waals surface area (Å²) in [7, 11) is 0. The highest BCUT2D eigenvalue weighted by atomic mass is 16.4. The molecule has 0 bridgehead atoms. The summed E-state index contributed by atoms with van der Waals surface area (Å²) < 4.78 is 0. The van der Waals surface area contributed by atoms with Gasteiger partial charge in [0.2, 0.25) is 5.91 Å². The Morgan fingerprint density at radius 2 is 1.57 bits per heavy atom. The molecule has 0 unspecified atom stereocenters.